The Labute approximate surface area is 167 Å². The number of nitrogens with zero attached hydrogens (tertiary/aromatic N) is 2. The quantitative estimate of drug-likeness (QED) is 0.703. The summed E-state index contributed by atoms with van der Waals surface area (Å²) in [5, 5.41) is 5.20. The lowest BCUT2D eigenvalue weighted by Gasteiger charge is -2.10. The number of hydrogen-bond donors (Lipinski definition) is 2. The monoisotopic (exact) mass is 406 g/mol. The maximum atomic E-state index is 13.3. The van der Waals surface area contributed by atoms with Crippen molar-refractivity contribution in [3.05, 3.63) is 64.6 Å². The van der Waals surface area contributed by atoms with Gasteiger partial charge in [-0.1, -0.05) is 18.2 Å². The topological polar surface area (TPSA) is 93.2 Å². The highest BCUT2D eigenvalue weighted by molar-refractivity contribution is 6.30. The molecule has 0 bridgehead atoms. The normalized spacial score (nSPS) is 10.3. The molecule has 2 rings (SSSR count). The maximum Gasteiger partial charge on any atom is 0.275 e. The Morgan fingerprint density at radius 3 is 2.71 bits per heavy atom. The first-order valence-corrected chi connectivity index (χ1v) is 8.78. The number of aryl methyl sites for hydroxylation is 2. The van der Waals surface area contributed by atoms with Gasteiger partial charge in [0.15, 0.2) is 6.61 Å². The summed E-state index contributed by atoms with van der Waals surface area (Å²) in [4.78, 5) is 32.1. The van der Waals surface area contributed by atoms with Crippen LogP contribution >= 0.6 is 11.6 Å². The third-order valence-electron chi connectivity index (χ3n) is 3.73. The van der Waals surface area contributed by atoms with Gasteiger partial charge in [0.05, 0.1) is 22.6 Å². The number of halogens is 2. The van der Waals surface area contributed by atoms with Gasteiger partial charge in [0.25, 0.3) is 11.8 Å². The lowest BCUT2D eigenvalue weighted by molar-refractivity contribution is -0.123. The third kappa shape index (κ3) is 6.31. The zero-order valence-corrected chi connectivity index (χ0v) is 16.3. The third-order valence-corrected chi connectivity index (χ3v) is 4.03. The number of nitrogens with one attached hydrogen (secondary N) is 2. The molecule has 2 N–H and O–H groups in total. The number of amides is 2. The van der Waals surface area contributed by atoms with Crippen molar-refractivity contribution in [1.82, 2.24) is 20.6 Å². The van der Waals surface area contributed by atoms with Gasteiger partial charge in [-0.15, -0.1) is 0 Å². The van der Waals surface area contributed by atoms with Crippen molar-refractivity contribution in [3.8, 4) is 5.75 Å². The predicted molar refractivity (Wildman–Crippen MR) is 103 cm³/mol. The molecule has 0 atom stereocenters. The molecule has 0 unspecified atom stereocenters. The number of ether oxygens (including phenoxy) is 1. The highest BCUT2D eigenvalue weighted by atomic mass is 35.5. The fourth-order valence-corrected chi connectivity index (χ4v) is 2.18. The van der Waals surface area contributed by atoms with Crippen molar-refractivity contribution in [3.63, 3.8) is 0 Å². The number of carbonyl (C=O) groups excluding carboxylic acids is 2. The van der Waals surface area contributed by atoms with Crippen LogP contribution in [0.25, 0.3) is 0 Å². The van der Waals surface area contributed by atoms with Crippen LogP contribution < -0.4 is 15.4 Å². The fourth-order valence-electron chi connectivity index (χ4n) is 2.06. The molecule has 1 aromatic heterocycles. The first-order valence-electron chi connectivity index (χ1n) is 8.40. The second kappa shape index (κ2) is 9.80. The van der Waals surface area contributed by atoms with E-state index in [2.05, 4.69) is 27.2 Å². The Kier molecular flexibility index (Phi) is 7.45. The standard InChI is InChI=1S/C19H20ClFN4O3/c1-11(24-19(27)17-9-23-12(2)13(3)25-17)6-7-22-18(26)10-28-14-4-5-15(20)16(21)8-14/h4-5,8-9H,1,6-7,10H2,2-3H3,(H,22,26)(H,24,27). The number of rotatable bonds is 8. The Morgan fingerprint density at radius 2 is 2.04 bits per heavy atom. The van der Waals surface area contributed by atoms with E-state index in [1.807, 2.05) is 0 Å². The van der Waals surface area contributed by atoms with Crippen LogP contribution in [0, 0.1) is 19.7 Å². The maximum absolute atomic E-state index is 13.3. The van der Waals surface area contributed by atoms with Crippen LogP contribution in [0.1, 0.15) is 28.3 Å². The summed E-state index contributed by atoms with van der Waals surface area (Å²) >= 11 is 5.58. The van der Waals surface area contributed by atoms with Crippen LogP contribution in [0.15, 0.2) is 36.7 Å². The SMILES string of the molecule is C=C(CCNC(=O)COc1ccc(Cl)c(F)c1)NC(=O)c1cnc(C)c(C)n1. The number of carbonyl (C=O) groups is 2. The molecule has 0 fully saturated rings. The van der Waals surface area contributed by atoms with Crippen molar-refractivity contribution in [1.29, 1.82) is 0 Å². The van der Waals surface area contributed by atoms with E-state index >= 15 is 0 Å². The van der Waals surface area contributed by atoms with Gasteiger partial charge in [-0.05, 0) is 26.0 Å². The molecule has 0 aliphatic carbocycles. The largest absolute Gasteiger partial charge is 0.484 e. The van der Waals surface area contributed by atoms with E-state index in [0.717, 1.165) is 11.8 Å². The van der Waals surface area contributed by atoms with Gasteiger partial charge in [-0.2, -0.15) is 0 Å². The smallest absolute Gasteiger partial charge is 0.275 e. The molecule has 2 amide bonds. The predicted octanol–water partition coefficient (Wildman–Crippen LogP) is 2.71. The molecule has 2 aromatic rings. The lowest BCUT2D eigenvalue weighted by atomic mass is 10.3. The fraction of sp³-hybridized carbons (Fsp3) is 0.263. The first kappa shape index (κ1) is 21.3. The van der Waals surface area contributed by atoms with E-state index in [0.29, 0.717) is 17.8 Å². The van der Waals surface area contributed by atoms with Crippen LogP contribution in [0.3, 0.4) is 0 Å². The second-order valence-corrected chi connectivity index (χ2v) is 6.36. The van der Waals surface area contributed by atoms with E-state index in [4.69, 9.17) is 16.3 Å². The van der Waals surface area contributed by atoms with Crippen molar-refractivity contribution >= 4 is 23.4 Å². The van der Waals surface area contributed by atoms with Gasteiger partial charge >= 0.3 is 0 Å². The molecule has 0 aliphatic heterocycles. The van der Waals surface area contributed by atoms with Crippen LogP contribution in [-0.4, -0.2) is 34.9 Å². The molecule has 1 aromatic carbocycles. The molecule has 28 heavy (non-hydrogen) atoms. The van der Waals surface area contributed by atoms with Crippen molar-refractivity contribution in [2.45, 2.75) is 20.3 Å². The zero-order valence-electron chi connectivity index (χ0n) is 15.5. The summed E-state index contributed by atoms with van der Waals surface area (Å²) in [5.41, 5.74) is 2.04. The highest BCUT2D eigenvalue weighted by Gasteiger charge is 2.11. The lowest BCUT2D eigenvalue weighted by Crippen LogP contribution is -2.31. The molecular formula is C19H20ClFN4O3. The minimum atomic E-state index is -0.625. The average Bonchev–Trinajstić information content (AvgIpc) is 2.64. The molecule has 9 heteroatoms. The summed E-state index contributed by atoms with van der Waals surface area (Å²) in [7, 11) is 0. The van der Waals surface area contributed by atoms with E-state index in [1.165, 1.54) is 18.3 Å². The molecule has 1 heterocycles. The van der Waals surface area contributed by atoms with Crippen LogP contribution in [0.2, 0.25) is 5.02 Å². The summed E-state index contributed by atoms with van der Waals surface area (Å²) in [6, 6.07) is 3.91. The van der Waals surface area contributed by atoms with E-state index < -0.39 is 17.6 Å². The number of hydrogen-bond acceptors (Lipinski definition) is 5. The second-order valence-electron chi connectivity index (χ2n) is 5.95. The molecule has 148 valence electrons. The molecule has 0 saturated carbocycles. The van der Waals surface area contributed by atoms with E-state index in [1.54, 1.807) is 13.8 Å². The van der Waals surface area contributed by atoms with Crippen molar-refractivity contribution < 1.29 is 18.7 Å². The van der Waals surface area contributed by atoms with Crippen LogP contribution in [0.5, 0.6) is 5.75 Å². The number of benzene rings is 1. The Bertz CT molecular complexity index is 905. The summed E-state index contributed by atoms with van der Waals surface area (Å²) < 4.78 is 18.5. The highest BCUT2D eigenvalue weighted by Crippen LogP contribution is 2.20. The van der Waals surface area contributed by atoms with Gasteiger partial charge in [-0.3, -0.25) is 14.6 Å². The average molecular weight is 407 g/mol. The van der Waals surface area contributed by atoms with E-state index in [9.17, 15) is 14.0 Å². The first-order chi connectivity index (χ1) is 13.3. The molecule has 7 nitrogen and oxygen atoms in total. The van der Waals surface area contributed by atoms with Gasteiger partial charge in [-0.25, -0.2) is 9.37 Å². The Balaban J connectivity index is 1.70. The zero-order chi connectivity index (χ0) is 20.7. The molecule has 0 saturated heterocycles. The minimum Gasteiger partial charge on any atom is -0.484 e. The van der Waals surface area contributed by atoms with Gasteiger partial charge < -0.3 is 15.4 Å². The van der Waals surface area contributed by atoms with E-state index in [-0.39, 0.29) is 29.6 Å². The van der Waals surface area contributed by atoms with Crippen LogP contribution in [-0.2, 0) is 4.79 Å². The van der Waals surface area contributed by atoms with Gasteiger partial charge in [0, 0.05) is 24.7 Å². The summed E-state index contributed by atoms with van der Waals surface area (Å²) in [5.74, 6) is -1.24. The summed E-state index contributed by atoms with van der Waals surface area (Å²) in [6.07, 6.45) is 1.72. The van der Waals surface area contributed by atoms with Gasteiger partial charge in [0.2, 0.25) is 0 Å². The molecule has 0 radical (unpaired) electrons. The van der Waals surface area contributed by atoms with Gasteiger partial charge in [0.1, 0.15) is 17.3 Å². The summed E-state index contributed by atoms with van der Waals surface area (Å²) in [6.45, 7) is 7.29. The van der Waals surface area contributed by atoms with Crippen molar-refractivity contribution in [2.75, 3.05) is 13.2 Å². The molecule has 0 spiro atoms. The molecular weight excluding hydrogens is 387 g/mol. The van der Waals surface area contributed by atoms with Crippen molar-refractivity contribution in [2.24, 2.45) is 0 Å². The Morgan fingerprint density at radius 1 is 1.29 bits per heavy atom. The Hall–Kier alpha value is -3.00. The minimum absolute atomic E-state index is 0.0239. The number of aromatic nitrogens is 2. The van der Waals surface area contributed by atoms with Crippen LogP contribution in [0.4, 0.5) is 4.39 Å². The molecule has 0 aliphatic rings.